The molecule has 3 N–H and O–H groups in total. The van der Waals surface area contributed by atoms with Crippen LogP contribution in [0.3, 0.4) is 0 Å². The second-order valence-electron chi connectivity index (χ2n) is 8.47. The lowest BCUT2D eigenvalue weighted by atomic mass is 10.0. The summed E-state index contributed by atoms with van der Waals surface area (Å²) in [6.45, 7) is 2.02. The van der Waals surface area contributed by atoms with Gasteiger partial charge in [0.25, 0.3) is 5.91 Å². The SMILES string of the molecule is CN1CCC(NC(=O)c2cnc(Nc3ccc4cnccc4n3)cc2NC2CC2)CC1. The zero-order valence-electron chi connectivity index (χ0n) is 17.6. The first-order valence-corrected chi connectivity index (χ1v) is 10.9. The molecule has 0 atom stereocenters. The number of piperidine rings is 1. The average Bonchev–Trinajstić information content (AvgIpc) is 3.59. The Morgan fingerprint density at radius 2 is 1.87 bits per heavy atom. The normalized spacial score (nSPS) is 17.5. The minimum atomic E-state index is -0.0620. The second kappa shape index (κ2) is 8.47. The van der Waals surface area contributed by atoms with Gasteiger partial charge in [0.2, 0.25) is 0 Å². The summed E-state index contributed by atoms with van der Waals surface area (Å²) in [6.07, 6.45) is 9.38. The third-order valence-corrected chi connectivity index (χ3v) is 5.89. The van der Waals surface area contributed by atoms with Gasteiger partial charge in [-0.1, -0.05) is 0 Å². The van der Waals surface area contributed by atoms with Crippen LogP contribution in [0.2, 0.25) is 0 Å². The molecule has 1 saturated heterocycles. The molecule has 2 fully saturated rings. The number of nitrogens with one attached hydrogen (secondary N) is 3. The van der Waals surface area contributed by atoms with E-state index in [0.717, 1.165) is 55.4 Å². The van der Waals surface area contributed by atoms with E-state index in [-0.39, 0.29) is 11.9 Å². The van der Waals surface area contributed by atoms with E-state index in [1.807, 2.05) is 24.3 Å². The van der Waals surface area contributed by atoms with Gasteiger partial charge in [-0.3, -0.25) is 9.78 Å². The van der Waals surface area contributed by atoms with Crippen LogP contribution < -0.4 is 16.0 Å². The Morgan fingerprint density at radius 1 is 1.03 bits per heavy atom. The zero-order chi connectivity index (χ0) is 21.2. The van der Waals surface area contributed by atoms with Crippen molar-refractivity contribution in [1.82, 2.24) is 25.2 Å². The molecule has 0 bridgehead atoms. The minimum Gasteiger partial charge on any atom is -0.382 e. The van der Waals surface area contributed by atoms with E-state index in [9.17, 15) is 4.79 Å². The number of likely N-dealkylation sites (tertiary alicyclic amines) is 1. The van der Waals surface area contributed by atoms with Crippen LogP contribution in [0, 0.1) is 0 Å². The molecule has 4 heterocycles. The molecule has 8 nitrogen and oxygen atoms in total. The van der Waals surface area contributed by atoms with Crippen molar-refractivity contribution in [1.29, 1.82) is 0 Å². The van der Waals surface area contributed by atoms with E-state index >= 15 is 0 Å². The van der Waals surface area contributed by atoms with Gasteiger partial charge < -0.3 is 20.9 Å². The molecule has 3 aromatic heterocycles. The third kappa shape index (κ3) is 4.74. The van der Waals surface area contributed by atoms with Crippen LogP contribution in [-0.4, -0.2) is 58.0 Å². The predicted molar refractivity (Wildman–Crippen MR) is 122 cm³/mol. The van der Waals surface area contributed by atoms with Gasteiger partial charge in [-0.05, 0) is 64.0 Å². The average molecular weight is 418 g/mol. The Labute approximate surface area is 181 Å². The number of carbonyl (C=O) groups excluding carboxylic acids is 1. The number of carbonyl (C=O) groups is 1. The summed E-state index contributed by atoms with van der Waals surface area (Å²) < 4.78 is 0. The van der Waals surface area contributed by atoms with Crippen molar-refractivity contribution in [3.05, 3.63) is 48.4 Å². The maximum Gasteiger partial charge on any atom is 0.255 e. The number of pyridine rings is 3. The van der Waals surface area contributed by atoms with Crippen molar-refractivity contribution < 1.29 is 4.79 Å². The van der Waals surface area contributed by atoms with E-state index in [2.05, 4.69) is 42.8 Å². The van der Waals surface area contributed by atoms with Crippen LogP contribution >= 0.6 is 0 Å². The molecule has 1 saturated carbocycles. The highest BCUT2D eigenvalue weighted by Gasteiger charge is 2.25. The fourth-order valence-electron chi connectivity index (χ4n) is 3.85. The van der Waals surface area contributed by atoms with E-state index < -0.39 is 0 Å². The molecule has 160 valence electrons. The summed E-state index contributed by atoms with van der Waals surface area (Å²) in [5.74, 6) is 1.29. The molecule has 5 rings (SSSR count). The lowest BCUT2D eigenvalue weighted by Gasteiger charge is -2.29. The van der Waals surface area contributed by atoms with Crippen LogP contribution in [0.25, 0.3) is 10.9 Å². The number of hydrogen-bond acceptors (Lipinski definition) is 7. The fourth-order valence-corrected chi connectivity index (χ4v) is 3.85. The Hall–Kier alpha value is -3.26. The molecule has 0 unspecified atom stereocenters. The highest BCUT2D eigenvalue weighted by Crippen LogP contribution is 2.29. The highest BCUT2D eigenvalue weighted by atomic mass is 16.1. The van der Waals surface area contributed by atoms with Gasteiger partial charge in [0.05, 0.1) is 16.8 Å². The van der Waals surface area contributed by atoms with Crippen molar-refractivity contribution in [2.75, 3.05) is 30.8 Å². The van der Waals surface area contributed by atoms with Gasteiger partial charge >= 0.3 is 0 Å². The van der Waals surface area contributed by atoms with E-state index in [0.29, 0.717) is 23.2 Å². The third-order valence-electron chi connectivity index (χ3n) is 5.89. The Kier molecular flexibility index (Phi) is 5.38. The molecular formula is C23H27N7O. The van der Waals surface area contributed by atoms with Gasteiger partial charge in [0, 0.05) is 42.1 Å². The van der Waals surface area contributed by atoms with Gasteiger partial charge in [-0.15, -0.1) is 0 Å². The van der Waals surface area contributed by atoms with Gasteiger partial charge in [-0.25, -0.2) is 9.97 Å². The molecule has 2 aliphatic rings. The lowest BCUT2D eigenvalue weighted by molar-refractivity contribution is 0.0917. The summed E-state index contributed by atoms with van der Waals surface area (Å²) >= 11 is 0. The summed E-state index contributed by atoms with van der Waals surface area (Å²) in [4.78, 5) is 28.5. The number of amides is 1. The number of hydrogen-bond donors (Lipinski definition) is 3. The summed E-state index contributed by atoms with van der Waals surface area (Å²) in [6, 6.07) is 8.30. The molecular weight excluding hydrogens is 390 g/mol. The van der Waals surface area contributed by atoms with Crippen LogP contribution in [0.1, 0.15) is 36.0 Å². The first-order valence-electron chi connectivity index (χ1n) is 10.9. The smallest absolute Gasteiger partial charge is 0.255 e. The molecule has 1 aliphatic carbocycles. The molecule has 1 aliphatic heterocycles. The van der Waals surface area contributed by atoms with Crippen molar-refractivity contribution in [2.45, 2.75) is 37.8 Å². The summed E-state index contributed by atoms with van der Waals surface area (Å²) in [5.41, 5.74) is 2.27. The second-order valence-corrected chi connectivity index (χ2v) is 8.47. The van der Waals surface area contributed by atoms with Gasteiger partial charge in [0.1, 0.15) is 11.6 Å². The number of rotatable bonds is 6. The fraction of sp³-hybridized carbons (Fsp3) is 0.391. The van der Waals surface area contributed by atoms with Crippen molar-refractivity contribution in [2.24, 2.45) is 0 Å². The summed E-state index contributed by atoms with van der Waals surface area (Å²) in [7, 11) is 2.12. The maximum absolute atomic E-state index is 13.0. The van der Waals surface area contributed by atoms with E-state index in [1.165, 1.54) is 0 Å². The Balaban J connectivity index is 1.34. The first-order chi connectivity index (χ1) is 15.1. The first kappa shape index (κ1) is 19.7. The lowest BCUT2D eigenvalue weighted by Crippen LogP contribution is -2.43. The van der Waals surface area contributed by atoms with Crippen molar-refractivity contribution in [3.63, 3.8) is 0 Å². The molecule has 8 heteroatoms. The molecule has 0 aromatic carbocycles. The van der Waals surface area contributed by atoms with Gasteiger partial charge in [0.15, 0.2) is 0 Å². The maximum atomic E-state index is 13.0. The minimum absolute atomic E-state index is 0.0620. The van der Waals surface area contributed by atoms with Crippen LogP contribution in [0.4, 0.5) is 17.3 Å². The van der Waals surface area contributed by atoms with Crippen molar-refractivity contribution in [3.8, 4) is 0 Å². The van der Waals surface area contributed by atoms with Gasteiger partial charge in [-0.2, -0.15) is 0 Å². The standard InChI is InChI=1S/C23H27N7O/c1-30-10-7-17(8-11-30)27-23(31)18-14-25-22(12-20(18)26-16-3-4-16)29-21-5-2-15-13-24-9-6-19(15)28-21/h2,5-6,9,12-14,16-17H,3-4,7-8,10-11H2,1H3,(H,27,31)(H2,25,26,28,29). The Bertz CT molecular complexity index is 1090. The van der Waals surface area contributed by atoms with E-state index in [1.54, 1.807) is 18.6 Å². The van der Waals surface area contributed by atoms with Crippen LogP contribution in [-0.2, 0) is 0 Å². The summed E-state index contributed by atoms with van der Waals surface area (Å²) in [5, 5.41) is 10.9. The number of nitrogens with zero attached hydrogens (tertiary/aromatic N) is 4. The number of anilines is 3. The number of aromatic nitrogens is 3. The van der Waals surface area contributed by atoms with E-state index in [4.69, 9.17) is 0 Å². The quantitative estimate of drug-likeness (QED) is 0.567. The highest BCUT2D eigenvalue weighted by molar-refractivity contribution is 6.00. The van der Waals surface area contributed by atoms with Crippen LogP contribution in [0.5, 0.6) is 0 Å². The molecule has 31 heavy (non-hydrogen) atoms. The number of fused-ring (bicyclic) bond motifs is 1. The molecule has 1 amide bonds. The van der Waals surface area contributed by atoms with Crippen molar-refractivity contribution >= 4 is 34.1 Å². The largest absolute Gasteiger partial charge is 0.382 e. The molecule has 0 radical (unpaired) electrons. The molecule has 0 spiro atoms. The van der Waals surface area contributed by atoms with Crippen LogP contribution in [0.15, 0.2) is 42.9 Å². The monoisotopic (exact) mass is 417 g/mol. The topological polar surface area (TPSA) is 95.1 Å². The predicted octanol–water partition coefficient (Wildman–Crippen LogP) is 3.17. The Morgan fingerprint density at radius 3 is 2.68 bits per heavy atom. The zero-order valence-corrected chi connectivity index (χ0v) is 17.6. The molecule has 3 aromatic rings.